The zero-order chi connectivity index (χ0) is 59.1. The molecule has 0 aliphatic carbocycles. The first kappa shape index (κ1) is 58.9. The summed E-state index contributed by atoms with van der Waals surface area (Å²) in [5, 5.41) is 11.3. The molecule has 8 N–H and O–H groups in total. The van der Waals surface area contributed by atoms with Gasteiger partial charge in [0.05, 0.1) is 6.04 Å². The molecule has 9 rings (SSSR count). The molecule has 2 unspecified atom stereocenters. The van der Waals surface area contributed by atoms with Crippen molar-refractivity contribution in [1.82, 2.24) is 40.5 Å². The number of carbonyl (C=O) groups excluding carboxylic acids is 10. The minimum absolute atomic E-state index is 0.0100. The van der Waals surface area contributed by atoms with E-state index >= 15 is 4.79 Å². The topological polar surface area (TPSA) is 317 Å². The molecule has 0 saturated carbocycles. The summed E-state index contributed by atoms with van der Waals surface area (Å²) >= 11 is 0. The fourth-order valence-electron chi connectivity index (χ4n) is 11.5. The van der Waals surface area contributed by atoms with Gasteiger partial charge in [-0.1, -0.05) is 85.0 Å². The second-order valence-corrected chi connectivity index (χ2v) is 22.8. The van der Waals surface area contributed by atoms with Crippen molar-refractivity contribution in [2.75, 3.05) is 13.1 Å². The van der Waals surface area contributed by atoms with Gasteiger partial charge in [-0.2, -0.15) is 0 Å². The number of amides is 9. The van der Waals surface area contributed by atoms with E-state index in [-0.39, 0.29) is 93.6 Å². The summed E-state index contributed by atoms with van der Waals surface area (Å²) in [4.78, 5) is 158. The number of hydrogen-bond donors (Lipinski definition) is 7. The number of carbonyl (C=O) groups is 10. The minimum atomic E-state index is -5.14. The van der Waals surface area contributed by atoms with Crippen LogP contribution in [0.3, 0.4) is 0 Å². The van der Waals surface area contributed by atoms with Crippen molar-refractivity contribution >= 4 is 77.2 Å². The van der Waals surface area contributed by atoms with Crippen LogP contribution in [0.5, 0.6) is 0 Å². The summed E-state index contributed by atoms with van der Waals surface area (Å²) in [6.07, 6.45) is 3.12. The van der Waals surface area contributed by atoms with Gasteiger partial charge in [-0.15, -0.1) is 0 Å². The van der Waals surface area contributed by atoms with Gasteiger partial charge in [-0.05, 0) is 98.0 Å². The van der Waals surface area contributed by atoms with Crippen LogP contribution < -0.4 is 27.0 Å². The molecule has 3 saturated heterocycles. The average Bonchev–Trinajstić information content (AvgIpc) is 4.18. The van der Waals surface area contributed by atoms with Crippen LogP contribution in [0.15, 0.2) is 103 Å². The van der Waals surface area contributed by atoms with Gasteiger partial charge in [0.1, 0.15) is 29.9 Å². The molecule has 83 heavy (non-hydrogen) atoms. The number of unbranched alkanes of at least 4 members (excludes halogenated alkanes) is 3. The van der Waals surface area contributed by atoms with Crippen LogP contribution in [-0.4, -0.2) is 131 Å². The first-order valence-corrected chi connectivity index (χ1v) is 29.2. The zero-order valence-corrected chi connectivity index (χ0v) is 46.5. The van der Waals surface area contributed by atoms with Gasteiger partial charge in [0.25, 0.3) is 17.3 Å². The molecular formula is C60H64N9O13P. The summed E-state index contributed by atoms with van der Waals surface area (Å²) in [6.45, 7) is 0.0864. The Labute approximate surface area is 478 Å². The molecule has 1 aromatic heterocycles. The molecule has 5 heterocycles. The number of nitrogens with one attached hydrogen (secondary N) is 4. The molecular weight excluding hydrogens is 1090 g/mol. The number of aromatic nitrogens is 1. The smallest absolute Gasteiger partial charge is 0.370 e. The predicted molar refractivity (Wildman–Crippen MR) is 301 cm³/mol. The molecule has 5 atom stereocenters. The Bertz CT molecular complexity index is 3480. The van der Waals surface area contributed by atoms with Crippen LogP contribution >= 0.6 is 7.60 Å². The van der Waals surface area contributed by atoms with Crippen LogP contribution in [0.1, 0.15) is 137 Å². The van der Waals surface area contributed by atoms with Gasteiger partial charge < -0.3 is 50.7 Å². The molecule has 0 radical (unpaired) electrons. The van der Waals surface area contributed by atoms with Gasteiger partial charge in [0, 0.05) is 86.0 Å². The standard InChI is InChI=1S/C60H64N9O13P/c1-66-46-25-22-39(60(79)83(80,81)82)32-40(46)33-49(66)57(76)63-45-35-67(52(72)21-12-4-2-3-7-14-36-19-13-20-42-43(36)34-68(58(42)77)47-27-29-51(71)64-55(47)74)31-30-41-23-26-48(69(41)59(45)78)56(75)62-44(24-28-50(61)70)54(73)65-53(37-15-8-5-9-16-37)38-17-10-6-11-18-38/h5-6,8-11,13,15-20,22,25,32-33,41,44-45,47-48,53H,2-4,12,21,23-24,26-31,34-35H2,1H3,(H2,61,70)(H,62,75)(H,63,76)(H,65,73)(H,64,71,74)(H2,80,81,82)/t41-,44?,45+,47?,48+/m1/s1. The van der Waals surface area contributed by atoms with Crippen molar-refractivity contribution < 1.29 is 62.3 Å². The molecule has 3 fully saturated rings. The fourth-order valence-corrected chi connectivity index (χ4v) is 11.9. The average molecular weight is 1150 g/mol. The van der Waals surface area contributed by atoms with Crippen LogP contribution in [0.25, 0.3) is 10.9 Å². The third-order valence-corrected chi connectivity index (χ3v) is 16.6. The van der Waals surface area contributed by atoms with Gasteiger partial charge >= 0.3 is 7.60 Å². The first-order valence-electron chi connectivity index (χ1n) is 27.6. The van der Waals surface area contributed by atoms with E-state index in [1.165, 1.54) is 43.5 Å². The number of fused-ring (bicyclic) bond motifs is 3. The number of hydrogen-bond acceptors (Lipinski definition) is 11. The largest absolute Gasteiger partial charge is 0.396 e. The highest BCUT2D eigenvalue weighted by Gasteiger charge is 2.47. The lowest BCUT2D eigenvalue weighted by Crippen LogP contribution is -2.62. The summed E-state index contributed by atoms with van der Waals surface area (Å²) in [5.74, 6) is 1.53. The number of piperidine rings is 1. The predicted octanol–water partition coefficient (Wildman–Crippen LogP) is 3.61. The number of benzene rings is 4. The Kier molecular flexibility index (Phi) is 18.1. The third-order valence-electron chi connectivity index (χ3n) is 15.8. The summed E-state index contributed by atoms with van der Waals surface area (Å²) in [5.41, 5.74) is 7.67. The van der Waals surface area contributed by atoms with Crippen LogP contribution in [-0.2, 0) is 51.7 Å². The molecule has 9 amide bonds. The summed E-state index contributed by atoms with van der Waals surface area (Å²) in [7, 11) is -3.58. The molecule has 4 aliphatic rings. The van der Waals surface area contributed by atoms with Crippen LogP contribution in [0.2, 0.25) is 0 Å². The second kappa shape index (κ2) is 25.6. The van der Waals surface area contributed by atoms with Gasteiger partial charge in [-0.25, -0.2) is 0 Å². The van der Waals surface area contributed by atoms with E-state index in [4.69, 9.17) is 5.73 Å². The number of primary amides is 1. The van der Waals surface area contributed by atoms with Crippen LogP contribution in [0, 0.1) is 11.8 Å². The van der Waals surface area contributed by atoms with E-state index in [0.717, 1.165) is 11.1 Å². The minimum Gasteiger partial charge on any atom is -0.370 e. The Hall–Kier alpha value is -8.77. The van der Waals surface area contributed by atoms with Gasteiger partial charge in [0.15, 0.2) is 0 Å². The highest BCUT2D eigenvalue weighted by Crippen LogP contribution is 2.40. The number of rotatable bonds is 19. The number of aryl methyl sites for hydroxylation is 1. The zero-order valence-electron chi connectivity index (χ0n) is 45.6. The highest BCUT2D eigenvalue weighted by atomic mass is 31.2. The molecule has 0 bridgehead atoms. The maximum absolute atomic E-state index is 15.1. The van der Waals surface area contributed by atoms with E-state index in [1.54, 1.807) is 19.2 Å². The molecule has 0 spiro atoms. The lowest BCUT2D eigenvalue weighted by Gasteiger charge is -2.39. The highest BCUT2D eigenvalue weighted by molar-refractivity contribution is 7.70. The second-order valence-electron chi connectivity index (χ2n) is 21.3. The molecule has 22 nitrogen and oxygen atoms in total. The number of nitrogens with two attached hydrogens (primary N) is 1. The maximum Gasteiger partial charge on any atom is 0.396 e. The number of nitrogens with zero attached hydrogens (tertiary/aromatic N) is 4. The Morgan fingerprint density at radius 2 is 1.54 bits per heavy atom. The van der Waals surface area contributed by atoms with Crippen molar-refractivity contribution in [2.24, 2.45) is 12.8 Å². The lowest BCUT2D eigenvalue weighted by atomic mass is 9.98. The maximum atomic E-state index is 15.1. The fraction of sp³-hybridized carbons (Fsp3) is 0.367. The van der Waals surface area contributed by atoms with Gasteiger partial charge in [0.2, 0.25) is 41.4 Å². The molecule has 432 valence electrons. The van der Waals surface area contributed by atoms with Crippen LogP contribution in [0.4, 0.5) is 0 Å². The van der Waals surface area contributed by atoms with E-state index < -0.39 is 84.8 Å². The Balaban J connectivity index is 0.893. The first-order chi connectivity index (χ1) is 39.8. The van der Waals surface area contributed by atoms with Crippen molar-refractivity contribution in [3.05, 3.63) is 142 Å². The van der Waals surface area contributed by atoms with Crippen molar-refractivity contribution in [2.45, 2.75) is 120 Å². The van der Waals surface area contributed by atoms with Crippen molar-refractivity contribution in [3.8, 4) is 11.8 Å². The lowest BCUT2D eigenvalue weighted by molar-refractivity contribution is -0.145. The molecule has 4 aliphatic heterocycles. The SMILES string of the molecule is Cn1c(C(=O)N[C@H]2CN(C(=O)CCCCCC#Cc3cccc4c3CN(C3CCC(=O)NC3=O)C4=O)CC[C@H]3CC[C@@H](C(=O)NC(CCC(N)=O)C(=O)NC(c4ccccc4)c4ccccc4)N3C2=O)cc2cc(C(=O)P(=O)(O)O)ccc21. The Morgan fingerprint density at radius 1 is 0.819 bits per heavy atom. The van der Waals surface area contributed by atoms with Gasteiger partial charge in [-0.3, -0.25) is 57.8 Å². The van der Waals surface area contributed by atoms with E-state index in [1.807, 2.05) is 66.7 Å². The van der Waals surface area contributed by atoms with E-state index in [0.29, 0.717) is 59.7 Å². The van der Waals surface area contributed by atoms with Crippen molar-refractivity contribution in [1.29, 1.82) is 0 Å². The summed E-state index contributed by atoms with van der Waals surface area (Å²) in [6, 6.07) is 23.2. The normalized spacial score (nSPS) is 19.2. The third kappa shape index (κ3) is 13.4. The van der Waals surface area contributed by atoms with E-state index in [9.17, 15) is 57.5 Å². The molecule has 23 heteroatoms. The monoisotopic (exact) mass is 1150 g/mol. The summed E-state index contributed by atoms with van der Waals surface area (Å²) < 4.78 is 13.3. The molecule has 5 aromatic rings. The van der Waals surface area contributed by atoms with E-state index in [2.05, 4.69) is 33.1 Å². The quantitative estimate of drug-likeness (QED) is 0.0269. The number of imide groups is 1. The molecule has 4 aromatic carbocycles. The van der Waals surface area contributed by atoms with Crippen molar-refractivity contribution in [3.63, 3.8) is 0 Å². The Morgan fingerprint density at radius 3 is 2.23 bits per heavy atom.